The summed E-state index contributed by atoms with van der Waals surface area (Å²) >= 11 is 0. The van der Waals surface area contributed by atoms with Gasteiger partial charge in [-0.15, -0.1) is 0 Å². The topological polar surface area (TPSA) is 33.6 Å². The molecule has 0 spiro atoms. The molecule has 0 radical (unpaired) electrons. The van der Waals surface area contributed by atoms with E-state index in [9.17, 15) is 0 Å². The van der Waals surface area contributed by atoms with E-state index in [0.717, 1.165) is 31.1 Å². The van der Waals surface area contributed by atoms with Gasteiger partial charge in [-0.2, -0.15) is 0 Å². The van der Waals surface area contributed by atoms with Gasteiger partial charge in [-0.3, -0.25) is 4.99 Å². The molecule has 0 saturated heterocycles. The molecule has 21 heavy (non-hydrogen) atoms. The smallest absolute Gasteiger partial charge is 0.119 e. The van der Waals surface area contributed by atoms with Gasteiger partial charge in [0, 0.05) is 18.9 Å². The van der Waals surface area contributed by atoms with Crippen LogP contribution in [0.1, 0.15) is 17.9 Å². The molecule has 1 aliphatic heterocycles. The highest BCUT2D eigenvalue weighted by molar-refractivity contribution is 5.84. The zero-order valence-corrected chi connectivity index (χ0v) is 12.0. The monoisotopic (exact) mass is 280 g/mol. The summed E-state index contributed by atoms with van der Waals surface area (Å²) in [6.07, 6.45) is 0.995. The van der Waals surface area contributed by atoms with E-state index < -0.39 is 0 Å². The average Bonchev–Trinajstić information content (AvgIpc) is 3.02. The van der Waals surface area contributed by atoms with Gasteiger partial charge in [0.25, 0.3) is 0 Å². The van der Waals surface area contributed by atoms with Crippen molar-refractivity contribution in [2.24, 2.45) is 4.99 Å². The molecule has 1 heterocycles. The molecule has 2 aromatic rings. The zero-order valence-electron chi connectivity index (χ0n) is 12.0. The zero-order chi connectivity index (χ0) is 14.3. The van der Waals surface area contributed by atoms with E-state index >= 15 is 0 Å². The maximum absolute atomic E-state index is 5.66. The lowest BCUT2D eigenvalue weighted by Crippen LogP contribution is -2.27. The van der Waals surface area contributed by atoms with E-state index in [-0.39, 0.29) is 0 Å². The van der Waals surface area contributed by atoms with Crippen molar-refractivity contribution in [2.75, 3.05) is 19.7 Å². The SMILES string of the molecule is c1ccc(OCCNC2=NCC(c3ccccc3)C2)cc1. The molecule has 0 aromatic heterocycles. The number of benzene rings is 2. The van der Waals surface area contributed by atoms with E-state index in [4.69, 9.17) is 4.74 Å². The molecule has 1 aliphatic rings. The Kier molecular flexibility index (Phi) is 4.52. The maximum atomic E-state index is 5.66. The lowest BCUT2D eigenvalue weighted by Gasteiger charge is -2.10. The first-order valence-electron chi connectivity index (χ1n) is 7.42. The molecule has 1 unspecified atom stereocenters. The summed E-state index contributed by atoms with van der Waals surface area (Å²) in [6.45, 7) is 2.32. The summed E-state index contributed by atoms with van der Waals surface area (Å²) in [5.74, 6) is 2.53. The highest BCUT2D eigenvalue weighted by Crippen LogP contribution is 2.24. The largest absolute Gasteiger partial charge is 0.492 e. The van der Waals surface area contributed by atoms with Gasteiger partial charge in [0.05, 0.1) is 12.4 Å². The highest BCUT2D eigenvalue weighted by Gasteiger charge is 2.19. The number of nitrogens with one attached hydrogen (secondary N) is 1. The fraction of sp³-hybridized carbons (Fsp3) is 0.278. The molecule has 2 aromatic carbocycles. The fourth-order valence-corrected chi connectivity index (χ4v) is 2.54. The molecular formula is C18H20N2O. The summed E-state index contributed by atoms with van der Waals surface area (Å²) < 4.78 is 5.66. The number of hydrogen-bond acceptors (Lipinski definition) is 3. The van der Waals surface area contributed by atoms with E-state index in [1.165, 1.54) is 5.56 Å². The molecule has 0 aliphatic carbocycles. The van der Waals surface area contributed by atoms with Crippen LogP contribution in [0.25, 0.3) is 0 Å². The number of nitrogens with zero attached hydrogens (tertiary/aromatic N) is 1. The van der Waals surface area contributed by atoms with E-state index in [2.05, 4.69) is 40.6 Å². The molecule has 0 saturated carbocycles. The average molecular weight is 280 g/mol. The Bertz CT molecular complexity index is 581. The number of amidine groups is 1. The van der Waals surface area contributed by atoms with Gasteiger partial charge >= 0.3 is 0 Å². The highest BCUT2D eigenvalue weighted by atomic mass is 16.5. The maximum Gasteiger partial charge on any atom is 0.119 e. The van der Waals surface area contributed by atoms with Crippen LogP contribution in [0.5, 0.6) is 5.75 Å². The second-order valence-electron chi connectivity index (χ2n) is 5.19. The normalized spacial score (nSPS) is 17.3. The Hall–Kier alpha value is -2.29. The van der Waals surface area contributed by atoms with Gasteiger partial charge in [-0.1, -0.05) is 48.5 Å². The molecule has 108 valence electrons. The third-order valence-corrected chi connectivity index (χ3v) is 3.66. The van der Waals surface area contributed by atoms with Gasteiger partial charge in [-0.05, 0) is 17.7 Å². The number of rotatable bonds is 5. The summed E-state index contributed by atoms with van der Waals surface area (Å²) in [5, 5.41) is 3.38. The Morgan fingerprint density at radius 3 is 2.48 bits per heavy atom. The lowest BCUT2D eigenvalue weighted by molar-refractivity contribution is 0.322. The van der Waals surface area contributed by atoms with Crippen molar-refractivity contribution in [3.63, 3.8) is 0 Å². The predicted octanol–water partition coefficient (Wildman–Crippen LogP) is 3.24. The van der Waals surface area contributed by atoms with Crippen LogP contribution in [0.15, 0.2) is 65.7 Å². The van der Waals surface area contributed by atoms with Crippen molar-refractivity contribution in [3.8, 4) is 5.75 Å². The van der Waals surface area contributed by atoms with Crippen LogP contribution in [-0.2, 0) is 0 Å². The van der Waals surface area contributed by atoms with Gasteiger partial charge in [0.15, 0.2) is 0 Å². The van der Waals surface area contributed by atoms with Crippen molar-refractivity contribution in [1.29, 1.82) is 0 Å². The molecule has 1 atom stereocenters. The fourth-order valence-electron chi connectivity index (χ4n) is 2.54. The minimum Gasteiger partial charge on any atom is -0.492 e. The van der Waals surface area contributed by atoms with Gasteiger partial charge < -0.3 is 10.1 Å². The quantitative estimate of drug-likeness (QED) is 0.853. The Morgan fingerprint density at radius 2 is 1.71 bits per heavy atom. The molecule has 0 amide bonds. The van der Waals surface area contributed by atoms with Crippen LogP contribution in [0.3, 0.4) is 0 Å². The Labute approximate surface area is 125 Å². The van der Waals surface area contributed by atoms with Crippen LogP contribution < -0.4 is 10.1 Å². The second kappa shape index (κ2) is 6.93. The van der Waals surface area contributed by atoms with Crippen molar-refractivity contribution in [1.82, 2.24) is 5.32 Å². The standard InChI is InChI=1S/C18H20N2O/c1-3-7-15(8-4-1)16-13-18(20-14-16)19-11-12-21-17-9-5-2-6-10-17/h1-10,16H,11-14H2,(H,19,20). The first-order chi connectivity index (χ1) is 10.4. The van der Waals surface area contributed by atoms with E-state index in [0.29, 0.717) is 12.5 Å². The van der Waals surface area contributed by atoms with Crippen LogP contribution in [0.2, 0.25) is 0 Å². The third kappa shape index (κ3) is 3.85. The van der Waals surface area contributed by atoms with Crippen molar-refractivity contribution in [2.45, 2.75) is 12.3 Å². The van der Waals surface area contributed by atoms with Crippen LogP contribution >= 0.6 is 0 Å². The van der Waals surface area contributed by atoms with Gasteiger partial charge in [-0.25, -0.2) is 0 Å². The number of para-hydroxylation sites is 1. The minimum atomic E-state index is 0.517. The first kappa shape index (κ1) is 13.7. The van der Waals surface area contributed by atoms with Gasteiger partial charge in [0.1, 0.15) is 12.4 Å². The summed E-state index contributed by atoms with van der Waals surface area (Å²) in [5.41, 5.74) is 1.37. The second-order valence-corrected chi connectivity index (χ2v) is 5.19. The van der Waals surface area contributed by atoms with Gasteiger partial charge in [0.2, 0.25) is 0 Å². The molecule has 3 heteroatoms. The van der Waals surface area contributed by atoms with Crippen molar-refractivity contribution < 1.29 is 4.74 Å². The van der Waals surface area contributed by atoms with Crippen LogP contribution in [0, 0.1) is 0 Å². The predicted molar refractivity (Wildman–Crippen MR) is 86.0 cm³/mol. The summed E-state index contributed by atoms with van der Waals surface area (Å²) in [4.78, 5) is 4.59. The number of ether oxygens (including phenoxy) is 1. The van der Waals surface area contributed by atoms with E-state index in [1.54, 1.807) is 0 Å². The molecule has 3 nitrogen and oxygen atoms in total. The van der Waals surface area contributed by atoms with Crippen LogP contribution in [-0.4, -0.2) is 25.5 Å². The van der Waals surface area contributed by atoms with Crippen molar-refractivity contribution >= 4 is 5.84 Å². The lowest BCUT2D eigenvalue weighted by atomic mass is 9.98. The first-order valence-corrected chi connectivity index (χ1v) is 7.42. The van der Waals surface area contributed by atoms with Crippen molar-refractivity contribution in [3.05, 3.63) is 66.2 Å². The minimum absolute atomic E-state index is 0.517. The third-order valence-electron chi connectivity index (χ3n) is 3.66. The number of aliphatic imine (C=N–C) groups is 1. The van der Waals surface area contributed by atoms with E-state index in [1.807, 2.05) is 30.3 Å². The molecule has 1 N–H and O–H groups in total. The molecule has 0 bridgehead atoms. The molecule has 3 rings (SSSR count). The number of hydrogen-bond donors (Lipinski definition) is 1. The molecule has 0 fully saturated rings. The Balaban J connectivity index is 1.39. The van der Waals surface area contributed by atoms with Crippen LogP contribution in [0.4, 0.5) is 0 Å². The summed E-state index contributed by atoms with van der Waals surface area (Å²) in [6, 6.07) is 20.5. The molecular weight excluding hydrogens is 260 g/mol. The summed E-state index contributed by atoms with van der Waals surface area (Å²) in [7, 11) is 0. The Morgan fingerprint density at radius 1 is 1.00 bits per heavy atom.